The first-order valence-corrected chi connectivity index (χ1v) is 8.16. The van der Waals surface area contributed by atoms with E-state index in [9.17, 15) is 27.2 Å². The zero-order valence-corrected chi connectivity index (χ0v) is 14.3. The van der Waals surface area contributed by atoms with Gasteiger partial charge in [0, 0.05) is 25.7 Å². The van der Waals surface area contributed by atoms with Crippen molar-refractivity contribution in [1.29, 1.82) is 0 Å². The van der Waals surface area contributed by atoms with Gasteiger partial charge in [-0.3, -0.25) is 9.59 Å². The minimum atomic E-state index is -4.57. The van der Waals surface area contributed by atoms with Crippen molar-refractivity contribution in [2.24, 2.45) is 0 Å². The first-order chi connectivity index (χ1) is 12.1. The second kappa shape index (κ2) is 7.88. The Kier molecular flexibility index (Phi) is 6.05. The molecular weight excluding hydrogens is 352 g/mol. The Hall–Kier alpha value is -2.38. The Labute approximate surface area is 149 Å². The largest absolute Gasteiger partial charge is 0.390 e. The van der Waals surface area contributed by atoms with Crippen molar-refractivity contribution in [3.8, 4) is 0 Å². The standard InChI is InChI=1S/C18H20F4N2O2/c1-3-16(25)23-7-8-24(12(2)11-23)17(26)15(10-18(20,21)22)13-5-4-6-14(19)9-13/h3-6,9,12,15H,1,7-8,10-11H2,2H3/t12-,15?/m0/s1. The van der Waals surface area contributed by atoms with Crippen LogP contribution in [0.2, 0.25) is 0 Å². The first kappa shape index (κ1) is 19.9. The number of rotatable bonds is 4. The third kappa shape index (κ3) is 4.83. The zero-order valence-electron chi connectivity index (χ0n) is 14.3. The lowest BCUT2D eigenvalue weighted by Crippen LogP contribution is -2.56. The molecule has 8 heteroatoms. The highest BCUT2D eigenvalue weighted by atomic mass is 19.4. The van der Waals surface area contributed by atoms with Gasteiger partial charge in [0.1, 0.15) is 5.82 Å². The molecule has 2 rings (SSSR count). The van der Waals surface area contributed by atoms with E-state index in [4.69, 9.17) is 0 Å². The highest BCUT2D eigenvalue weighted by Gasteiger charge is 2.40. The van der Waals surface area contributed by atoms with E-state index in [0.717, 1.165) is 18.2 Å². The topological polar surface area (TPSA) is 40.6 Å². The van der Waals surface area contributed by atoms with Crippen molar-refractivity contribution in [1.82, 2.24) is 9.80 Å². The third-order valence-corrected chi connectivity index (χ3v) is 4.38. The summed E-state index contributed by atoms with van der Waals surface area (Å²) in [6.07, 6.45) is -4.78. The Bertz CT molecular complexity index is 690. The van der Waals surface area contributed by atoms with Crippen LogP contribution in [-0.4, -0.2) is 53.5 Å². The van der Waals surface area contributed by atoms with Gasteiger partial charge in [0.15, 0.2) is 0 Å². The molecule has 1 saturated heterocycles. The average molecular weight is 372 g/mol. The number of hydrogen-bond acceptors (Lipinski definition) is 2. The molecule has 2 atom stereocenters. The van der Waals surface area contributed by atoms with Crippen LogP contribution in [0.15, 0.2) is 36.9 Å². The second-order valence-electron chi connectivity index (χ2n) is 6.30. The summed E-state index contributed by atoms with van der Waals surface area (Å²) in [5.74, 6) is -3.22. The molecule has 0 saturated carbocycles. The molecule has 4 nitrogen and oxygen atoms in total. The summed E-state index contributed by atoms with van der Waals surface area (Å²) in [6, 6.07) is 4.21. The van der Waals surface area contributed by atoms with Crippen LogP contribution >= 0.6 is 0 Å². The van der Waals surface area contributed by atoms with Crippen molar-refractivity contribution in [2.45, 2.75) is 31.5 Å². The monoisotopic (exact) mass is 372 g/mol. The van der Waals surface area contributed by atoms with E-state index in [1.165, 1.54) is 21.9 Å². The van der Waals surface area contributed by atoms with Gasteiger partial charge in [0.2, 0.25) is 11.8 Å². The maximum atomic E-state index is 13.5. The molecule has 1 aliphatic rings. The van der Waals surface area contributed by atoms with E-state index in [1.807, 2.05) is 0 Å². The van der Waals surface area contributed by atoms with Crippen LogP contribution in [0.1, 0.15) is 24.8 Å². The average Bonchev–Trinajstić information content (AvgIpc) is 2.57. The molecule has 26 heavy (non-hydrogen) atoms. The predicted octanol–water partition coefficient (Wildman–Crippen LogP) is 3.11. The second-order valence-corrected chi connectivity index (χ2v) is 6.30. The Balaban J connectivity index is 2.24. The van der Waals surface area contributed by atoms with E-state index in [2.05, 4.69) is 6.58 Å². The van der Waals surface area contributed by atoms with Crippen molar-refractivity contribution >= 4 is 11.8 Å². The first-order valence-electron chi connectivity index (χ1n) is 8.16. The maximum Gasteiger partial charge on any atom is 0.390 e. The summed E-state index contributed by atoms with van der Waals surface area (Å²) < 4.78 is 52.5. The smallest absolute Gasteiger partial charge is 0.336 e. The van der Waals surface area contributed by atoms with Crippen LogP contribution < -0.4 is 0 Å². The van der Waals surface area contributed by atoms with Gasteiger partial charge >= 0.3 is 6.18 Å². The Morgan fingerprint density at radius 2 is 2.04 bits per heavy atom. The van der Waals surface area contributed by atoms with E-state index in [-0.39, 0.29) is 31.1 Å². The van der Waals surface area contributed by atoms with Crippen molar-refractivity contribution in [3.63, 3.8) is 0 Å². The third-order valence-electron chi connectivity index (χ3n) is 4.38. The molecule has 0 N–H and O–H groups in total. The van der Waals surface area contributed by atoms with E-state index in [1.54, 1.807) is 6.92 Å². The number of carbonyl (C=O) groups is 2. The fourth-order valence-corrected chi connectivity index (χ4v) is 3.12. The molecule has 1 aromatic carbocycles. The fourth-order valence-electron chi connectivity index (χ4n) is 3.12. The number of halogens is 4. The maximum absolute atomic E-state index is 13.5. The number of nitrogens with zero attached hydrogens (tertiary/aromatic N) is 2. The van der Waals surface area contributed by atoms with Gasteiger partial charge in [0.05, 0.1) is 12.3 Å². The van der Waals surface area contributed by atoms with Crippen molar-refractivity contribution in [3.05, 3.63) is 48.3 Å². The molecule has 1 fully saturated rings. The minimum Gasteiger partial charge on any atom is -0.336 e. The van der Waals surface area contributed by atoms with Crippen LogP contribution in [0, 0.1) is 5.82 Å². The molecule has 1 aromatic rings. The number of amides is 2. The van der Waals surface area contributed by atoms with Gasteiger partial charge in [-0.15, -0.1) is 0 Å². The number of benzene rings is 1. The van der Waals surface area contributed by atoms with E-state index in [0.29, 0.717) is 0 Å². The molecule has 1 heterocycles. The van der Waals surface area contributed by atoms with E-state index < -0.39 is 36.3 Å². The molecule has 0 bridgehead atoms. The zero-order chi connectivity index (χ0) is 19.5. The Morgan fingerprint density at radius 1 is 1.35 bits per heavy atom. The molecule has 0 aromatic heterocycles. The molecule has 0 aliphatic carbocycles. The van der Waals surface area contributed by atoms with Crippen LogP contribution in [0.5, 0.6) is 0 Å². The molecule has 1 aliphatic heterocycles. The summed E-state index contributed by atoms with van der Waals surface area (Å²) in [6.45, 7) is 5.59. The number of piperazine rings is 1. The summed E-state index contributed by atoms with van der Waals surface area (Å²) in [5.41, 5.74) is -0.0101. The lowest BCUT2D eigenvalue weighted by molar-refractivity contribution is -0.156. The van der Waals surface area contributed by atoms with Crippen LogP contribution in [0.25, 0.3) is 0 Å². The summed E-state index contributed by atoms with van der Waals surface area (Å²) >= 11 is 0. The van der Waals surface area contributed by atoms with Crippen LogP contribution in [0.4, 0.5) is 17.6 Å². The van der Waals surface area contributed by atoms with Crippen LogP contribution in [-0.2, 0) is 9.59 Å². The van der Waals surface area contributed by atoms with Gasteiger partial charge in [-0.25, -0.2) is 4.39 Å². The predicted molar refractivity (Wildman–Crippen MR) is 87.8 cm³/mol. The quantitative estimate of drug-likeness (QED) is 0.602. The highest BCUT2D eigenvalue weighted by molar-refractivity contribution is 5.88. The number of carbonyl (C=O) groups excluding carboxylic acids is 2. The van der Waals surface area contributed by atoms with Gasteiger partial charge in [-0.05, 0) is 30.7 Å². The highest BCUT2D eigenvalue weighted by Crippen LogP contribution is 2.33. The lowest BCUT2D eigenvalue weighted by atomic mass is 9.92. The summed E-state index contributed by atoms with van der Waals surface area (Å²) in [5, 5.41) is 0. The summed E-state index contributed by atoms with van der Waals surface area (Å²) in [4.78, 5) is 27.3. The lowest BCUT2D eigenvalue weighted by Gasteiger charge is -2.41. The summed E-state index contributed by atoms with van der Waals surface area (Å²) in [7, 11) is 0. The van der Waals surface area contributed by atoms with Gasteiger partial charge < -0.3 is 9.80 Å². The minimum absolute atomic E-state index is 0.0101. The Morgan fingerprint density at radius 3 is 2.58 bits per heavy atom. The van der Waals surface area contributed by atoms with Crippen LogP contribution in [0.3, 0.4) is 0 Å². The van der Waals surface area contributed by atoms with Gasteiger partial charge in [0.25, 0.3) is 0 Å². The number of hydrogen-bond donors (Lipinski definition) is 0. The molecule has 0 radical (unpaired) electrons. The fraction of sp³-hybridized carbons (Fsp3) is 0.444. The SMILES string of the molecule is C=CC(=O)N1CCN(C(=O)C(CC(F)(F)F)c2cccc(F)c2)[C@@H](C)C1. The molecule has 0 spiro atoms. The van der Waals surface area contributed by atoms with Crippen molar-refractivity contribution < 1.29 is 27.2 Å². The van der Waals surface area contributed by atoms with Gasteiger partial charge in [-0.2, -0.15) is 13.2 Å². The van der Waals surface area contributed by atoms with Gasteiger partial charge in [-0.1, -0.05) is 18.7 Å². The molecule has 2 amide bonds. The molecule has 1 unspecified atom stereocenters. The normalized spacial score (nSPS) is 19.2. The molecular formula is C18H20F4N2O2. The number of alkyl halides is 3. The van der Waals surface area contributed by atoms with E-state index >= 15 is 0 Å². The molecule has 142 valence electrons. The van der Waals surface area contributed by atoms with Crippen molar-refractivity contribution in [2.75, 3.05) is 19.6 Å².